The fraction of sp³-hybridized carbons (Fsp3) is 0.353. The van der Waals surface area contributed by atoms with Crippen LogP contribution in [0.5, 0.6) is 0 Å². The summed E-state index contributed by atoms with van der Waals surface area (Å²) in [5.74, 6) is -1.15. The fourth-order valence-electron chi connectivity index (χ4n) is 2.82. The summed E-state index contributed by atoms with van der Waals surface area (Å²) in [6.07, 6.45) is 1.51. The molecule has 1 aromatic heterocycles. The molecule has 0 radical (unpaired) electrons. The van der Waals surface area contributed by atoms with E-state index in [-0.39, 0.29) is 18.1 Å². The molecule has 1 aliphatic rings. The summed E-state index contributed by atoms with van der Waals surface area (Å²) < 4.78 is 1.26. The number of carbonyl (C=O) groups excluding carboxylic acids is 1. The molecule has 0 aliphatic carbocycles. The van der Waals surface area contributed by atoms with Crippen LogP contribution in [0.15, 0.2) is 36.5 Å². The van der Waals surface area contributed by atoms with Crippen molar-refractivity contribution in [3.63, 3.8) is 0 Å². The minimum atomic E-state index is -0.988. The number of carbonyl (C=O) groups is 2. The molecule has 0 bridgehead atoms. The van der Waals surface area contributed by atoms with Crippen LogP contribution in [0.1, 0.15) is 16.1 Å². The third-order valence-electron chi connectivity index (χ3n) is 4.14. The molecule has 1 aliphatic heterocycles. The second-order valence-electron chi connectivity index (χ2n) is 5.99. The molecule has 1 fully saturated rings. The summed E-state index contributed by atoms with van der Waals surface area (Å²) in [5.41, 5.74) is 1.48. The number of rotatable bonds is 5. The minimum Gasteiger partial charge on any atom is -0.480 e. The Balaban J connectivity index is 1.52. The van der Waals surface area contributed by atoms with E-state index < -0.39 is 5.97 Å². The van der Waals surface area contributed by atoms with Crippen LogP contribution in [-0.4, -0.2) is 62.7 Å². The lowest BCUT2D eigenvalue weighted by Crippen LogP contribution is -2.48. The normalized spacial score (nSPS) is 15.3. The summed E-state index contributed by atoms with van der Waals surface area (Å²) in [4.78, 5) is 27.2. The molecular formula is C17H19ClN4O3. The molecule has 7 nitrogen and oxygen atoms in total. The number of nitrogens with zero attached hydrogens (tertiary/aromatic N) is 4. The second kappa shape index (κ2) is 7.67. The Morgan fingerprint density at radius 3 is 2.40 bits per heavy atom. The summed E-state index contributed by atoms with van der Waals surface area (Å²) in [6, 6.07) is 9.34. The van der Waals surface area contributed by atoms with Gasteiger partial charge in [0.1, 0.15) is 12.2 Å². The van der Waals surface area contributed by atoms with Crippen LogP contribution >= 0.6 is 11.6 Å². The van der Waals surface area contributed by atoms with Crippen molar-refractivity contribution in [1.29, 1.82) is 0 Å². The first kappa shape index (κ1) is 17.4. The van der Waals surface area contributed by atoms with Crippen molar-refractivity contribution in [2.75, 3.05) is 26.2 Å². The van der Waals surface area contributed by atoms with E-state index in [2.05, 4.69) is 10.00 Å². The SMILES string of the molecule is O=C(O)Cn1ccc(C(=O)N2CCN(Cc3ccc(Cl)cc3)CC2)n1. The van der Waals surface area contributed by atoms with Crippen LogP contribution in [-0.2, 0) is 17.9 Å². The predicted molar refractivity (Wildman–Crippen MR) is 92.5 cm³/mol. The zero-order valence-electron chi connectivity index (χ0n) is 13.6. The van der Waals surface area contributed by atoms with Gasteiger partial charge >= 0.3 is 5.97 Å². The van der Waals surface area contributed by atoms with E-state index in [1.807, 2.05) is 24.3 Å². The van der Waals surface area contributed by atoms with Gasteiger partial charge in [0.2, 0.25) is 0 Å². The molecule has 0 spiro atoms. The summed E-state index contributed by atoms with van der Waals surface area (Å²) >= 11 is 5.90. The molecule has 0 atom stereocenters. The highest BCUT2D eigenvalue weighted by Crippen LogP contribution is 2.14. The standard InChI is InChI=1S/C17H19ClN4O3/c18-14-3-1-13(2-4-14)11-20-7-9-21(10-8-20)17(25)15-5-6-22(19-15)12-16(23)24/h1-6H,7-12H2,(H,23,24). The van der Waals surface area contributed by atoms with Crippen molar-refractivity contribution in [2.24, 2.45) is 0 Å². The molecule has 1 amide bonds. The van der Waals surface area contributed by atoms with Crippen LogP contribution in [0.3, 0.4) is 0 Å². The van der Waals surface area contributed by atoms with Gasteiger partial charge in [-0.15, -0.1) is 0 Å². The maximum atomic E-state index is 12.5. The number of piperazine rings is 1. The molecule has 2 heterocycles. The lowest BCUT2D eigenvalue weighted by Gasteiger charge is -2.34. The molecule has 2 aromatic rings. The third-order valence-corrected chi connectivity index (χ3v) is 4.39. The van der Waals surface area contributed by atoms with Gasteiger partial charge in [0.05, 0.1) is 0 Å². The van der Waals surface area contributed by atoms with Crippen molar-refractivity contribution in [2.45, 2.75) is 13.1 Å². The lowest BCUT2D eigenvalue weighted by molar-refractivity contribution is -0.137. The Kier molecular flexibility index (Phi) is 5.35. The van der Waals surface area contributed by atoms with Crippen LogP contribution in [0.2, 0.25) is 5.02 Å². The Morgan fingerprint density at radius 1 is 1.08 bits per heavy atom. The zero-order valence-corrected chi connectivity index (χ0v) is 14.4. The van der Waals surface area contributed by atoms with E-state index in [1.165, 1.54) is 16.4 Å². The highest BCUT2D eigenvalue weighted by Gasteiger charge is 2.23. The van der Waals surface area contributed by atoms with Gasteiger partial charge in [0.25, 0.3) is 5.91 Å². The lowest BCUT2D eigenvalue weighted by atomic mass is 10.2. The van der Waals surface area contributed by atoms with Crippen LogP contribution in [0, 0.1) is 0 Å². The molecule has 25 heavy (non-hydrogen) atoms. The molecule has 0 saturated carbocycles. The summed E-state index contributed by atoms with van der Waals surface area (Å²) in [5, 5.41) is 13.5. The average molecular weight is 363 g/mol. The maximum Gasteiger partial charge on any atom is 0.325 e. The second-order valence-corrected chi connectivity index (χ2v) is 6.42. The number of aromatic nitrogens is 2. The predicted octanol–water partition coefficient (Wildman–Crippen LogP) is 1.58. The van der Waals surface area contributed by atoms with Gasteiger partial charge in [0, 0.05) is 43.9 Å². The first-order valence-electron chi connectivity index (χ1n) is 8.02. The Bertz CT molecular complexity index is 752. The maximum absolute atomic E-state index is 12.5. The highest BCUT2D eigenvalue weighted by molar-refractivity contribution is 6.30. The number of halogens is 1. The topological polar surface area (TPSA) is 78.7 Å². The van der Waals surface area contributed by atoms with E-state index in [0.717, 1.165) is 24.7 Å². The van der Waals surface area contributed by atoms with E-state index in [1.54, 1.807) is 11.0 Å². The molecular weight excluding hydrogens is 344 g/mol. The third kappa shape index (κ3) is 4.58. The monoisotopic (exact) mass is 362 g/mol. The van der Waals surface area contributed by atoms with Gasteiger partial charge in [0.15, 0.2) is 0 Å². The molecule has 1 aromatic carbocycles. The van der Waals surface area contributed by atoms with Crippen molar-refractivity contribution < 1.29 is 14.7 Å². The number of hydrogen-bond acceptors (Lipinski definition) is 4. The number of hydrogen-bond donors (Lipinski definition) is 1. The van der Waals surface area contributed by atoms with Gasteiger partial charge in [-0.1, -0.05) is 23.7 Å². The van der Waals surface area contributed by atoms with Gasteiger partial charge in [-0.3, -0.25) is 19.2 Å². The smallest absolute Gasteiger partial charge is 0.325 e. The van der Waals surface area contributed by atoms with Crippen LogP contribution in [0.25, 0.3) is 0 Å². The Labute approximate surface area is 150 Å². The van der Waals surface area contributed by atoms with E-state index in [9.17, 15) is 9.59 Å². The highest BCUT2D eigenvalue weighted by atomic mass is 35.5. The average Bonchev–Trinajstić information content (AvgIpc) is 3.05. The fourth-order valence-corrected chi connectivity index (χ4v) is 2.95. The first-order valence-corrected chi connectivity index (χ1v) is 8.40. The Hall–Kier alpha value is -2.38. The minimum absolute atomic E-state index is 0.157. The van der Waals surface area contributed by atoms with Crippen molar-refractivity contribution in [3.05, 3.63) is 52.8 Å². The summed E-state index contributed by atoms with van der Waals surface area (Å²) in [6.45, 7) is 3.39. The molecule has 1 saturated heterocycles. The van der Waals surface area contributed by atoms with Gasteiger partial charge < -0.3 is 10.0 Å². The van der Waals surface area contributed by atoms with E-state index in [4.69, 9.17) is 16.7 Å². The summed E-state index contributed by atoms with van der Waals surface area (Å²) in [7, 11) is 0. The number of benzene rings is 1. The van der Waals surface area contributed by atoms with Crippen LogP contribution < -0.4 is 0 Å². The van der Waals surface area contributed by atoms with Crippen LogP contribution in [0.4, 0.5) is 0 Å². The molecule has 3 rings (SSSR count). The first-order chi connectivity index (χ1) is 12.0. The Morgan fingerprint density at radius 2 is 1.76 bits per heavy atom. The van der Waals surface area contributed by atoms with E-state index in [0.29, 0.717) is 13.1 Å². The van der Waals surface area contributed by atoms with Gasteiger partial charge in [-0.25, -0.2) is 0 Å². The largest absolute Gasteiger partial charge is 0.480 e. The van der Waals surface area contributed by atoms with Gasteiger partial charge in [-0.2, -0.15) is 5.10 Å². The zero-order chi connectivity index (χ0) is 17.8. The van der Waals surface area contributed by atoms with Crippen molar-refractivity contribution in [1.82, 2.24) is 19.6 Å². The van der Waals surface area contributed by atoms with Gasteiger partial charge in [-0.05, 0) is 23.8 Å². The molecule has 132 valence electrons. The van der Waals surface area contributed by atoms with Crippen molar-refractivity contribution >= 4 is 23.5 Å². The van der Waals surface area contributed by atoms with E-state index >= 15 is 0 Å². The van der Waals surface area contributed by atoms with Crippen molar-refractivity contribution in [3.8, 4) is 0 Å². The number of aliphatic carboxylic acids is 1. The molecule has 8 heteroatoms. The number of carboxylic acids is 1. The number of amides is 1. The molecule has 0 unspecified atom stereocenters. The quantitative estimate of drug-likeness (QED) is 0.873. The number of carboxylic acid groups (broad SMARTS) is 1. The molecule has 1 N–H and O–H groups in total.